The molecule has 128 valence electrons. The first-order valence-electron chi connectivity index (χ1n) is 7.58. The molecule has 0 unspecified atom stereocenters. The number of carbonyl (C=O) groups is 1. The Kier molecular flexibility index (Phi) is 4.10. The number of anilines is 1. The molecule has 3 fully saturated rings. The van der Waals surface area contributed by atoms with E-state index in [-0.39, 0.29) is 34.6 Å². The lowest BCUT2D eigenvalue weighted by molar-refractivity contribution is -0.118. The molecule has 1 aromatic rings. The lowest BCUT2D eigenvalue weighted by atomic mass is 10.2. The van der Waals surface area contributed by atoms with Crippen LogP contribution >= 0.6 is 35.0 Å². The van der Waals surface area contributed by atoms with E-state index in [1.54, 1.807) is 23.1 Å². The second-order valence-electron chi connectivity index (χ2n) is 6.27. The van der Waals surface area contributed by atoms with Crippen LogP contribution in [0.3, 0.4) is 0 Å². The van der Waals surface area contributed by atoms with Gasteiger partial charge in [-0.25, -0.2) is 8.42 Å². The summed E-state index contributed by atoms with van der Waals surface area (Å²) in [7, 11) is -3.09. The Morgan fingerprint density at radius 1 is 1.25 bits per heavy atom. The predicted molar refractivity (Wildman–Crippen MR) is 97.9 cm³/mol. The monoisotopic (exact) mass is 404 g/mol. The van der Waals surface area contributed by atoms with Gasteiger partial charge < -0.3 is 4.90 Å². The molecule has 0 N–H and O–H groups in total. The number of rotatable bonds is 2. The van der Waals surface area contributed by atoms with E-state index in [2.05, 4.69) is 4.99 Å². The number of amidine groups is 1. The molecule has 24 heavy (non-hydrogen) atoms. The largest absolute Gasteiger partial charge is 0.314 e. The Labute approximate surface area is 154 Å². The molecule has 0 aromatic heterocycles. The van der Waals surface area contributed by atoms with Crippen LogP contribution in [-0.4, -0.2) is 42.3 Å². The van der Waals surface area contributed by atoms with Gasteiger partial charge in [-0.3, -0.25) is 4.79 Å². The molecular weight excluding hydrogens is 391 g/mol. The Bertz CT molecular complexity index is 852. The van der Waals surface area contributed by atoms with Crippen molar-refractivity contribution in [1.29, 1.82) is 0 Å². The zero-order chi connectivity index (χ0) is 17.1. The van der Waals surface area contributed by atoms with Crippen molar-refractivity contribution in [2.45, 2.75) is 24.1 Å². The Morgan fingerprint density at radius 3 is 2.67 bits per heavy atom. The van der Waals surface area contributed by atoms with Crippen LogP contribution in [0.5, 0.6) is 0 Å². The molecule has 5 nitrogen and oxygen atoms in total. The van der Waals surface area contributed by atoms with Crippen LogP contribution in [0, 0.1) is 5.92 Å². The molecule has 2 saturated heterocycles. The highest BCUT2D eigenvalue weighted by atomic mass is 35.5. The summed E-state index contributed by atoms with van der Waals surface area (Å²) in [6.07, 6.45) is 1.76. The van der Waals surface area contributed by atoms with E-state index < -0.39 is 9.84 Å². The van der Waals surface area contributed by atoms with Crippen LogP contribution in [0.4, 0.5) is 5.69 Å². The summed E-state index contributed by atoms with van der Waals surface area (Å²) < 4.78 is 24.0. The summed E-state index contributed by atoms with van der Waals surface area (Å²) in [6.45, 7) is 0. The van der Waals surface area contributed by atoms with Crippen molar-refractivity contribution in [2.75, 3.05) is 16.4 Å². The maximum atomic E-state index is 12.1. The Balaban J connectivity index is 1.76. The van der Waals surface area contributed by atoms with Crippen LogP contribution in [0.1, 0.15) is 12.8 Å². The van der Waals surface area contributed by atoms with E-state index in [9.17, 15) is 13.2 Å². The number of hydrogen-bond acceptors (Lipinski definition) is 4. The minimum Gasteiger partial charge on any atom is -0.314 e. The normalized spacial score (nSPS) is 29.9. The Hall–Kier alpha value is -0.760. The first-order valence-corrected chi connectivity index (χ1v) is 11.0. The van der Waals surface area contributed by atoms with Crippen molar-refractivity contribution in [2.24, 2.45) is 10.9 Å². The van der Waals surface area contributed by atoms with Crippen molar-refractivity contribution in [3.8, 4) is 0 Å². The van der Waals surface area contributed by atoms with Gasteiger partial charge >= 0.3 is 0 Å². The molecule has 4 rings (SSSR count). The standard InChI is InChI=1S/C15H14Cl2N2O3S2/c16-9-3-4-11(10(17)5-9)19-12-6-24(21,22)7-13(12)23-15(19)18-14(20)8-1-2-8/h3-5,8,12-13H,1-2,6-7H2/t12-,13+/m1/s1. The molecule has 2 atom stereocenters. The fraction of sp³-hybridized carbons (Fsp3) is 0.467. The molecular formula is C15H14Cl2N2O3S2. The number of halogens is 2. The summed E-state index contributed by atoms with van der Waals surface area (Å²) in [5, 5.41) is 1.33. The molecule has 0 bridgehead atoms. The van der Waals surface area contributed by atoms with Gasteiger partial charge in [0.15, 0.2) is 15.0 Å². The van der Waals surface area contributed by atoms with Crippen molar-refractivity contribution < 1.29 is 13.2 Å². The lowest BCUT2D eigenvalue weighted by Crippen LogP contribution is -2.38. The molecule has 1 aromatic carbocycles. The number of benzene rings is 1. The maximum absolute atomic E-state index is 12.1. The van der Waals surface area contributed by atoms with E-state index in [1.165, 1.54) is 11.8 Å². The van der Waals surface area contributed by atoms with Gasteiger partial charge in [-0.15, -0.1) is 0 Å². The number of amides is 1. The van der Waals surface area contributed by atoms with Crippen LogP contribution in [-0.2, 0) is 14.6 Å². The lowest BCUT2D eigenvalue weighted by Gasteiger charge is -2.25. The summed E-state index contributed by atoms with van der Waals surface area (Å²) in [5.41, 5.74) is 0.639. The molecule has 3 aliphatic rings. The van der Waals surface area contributed by atoms with Crippen LogP contribution < -0.4 is 4.90 Å². The number of hydrogen-bond donors (Lipinski definition) is 0. The van der Waals surface area contributed by atoms with Gasteiger partial charge in [0, 0.05) is 16.2 Å². The molecule has 0 spiro atoms. The average Bonchev–Trinajstić information content (AvgIpc) is 3.22. The van der Waals surface area contributed by atoms with Crippen LogP contribution in [0.2, 0.25) is 10.0 Å². The van der Waals surface area contributed by atoms with Crippen molar-refractivity contribution >= 4 is 61.6 Å². The van der Waals surface area contributed by atoms with Gasteiger partial charge in [-0.2, -0.15) is 4.99 Å². The van der Waals surface area contributed by atoms with Gasteiger partial charge in [0.1, 0.15) is 0 Å². The minimum absolute atomic E-state index is 0.0183. The zero-order valence-electron chi connectivity index (χ0n) is 12.5. The third kappa shape index (κ3) is 3.07. The predicted octanol–water partition coefficient (Wildman–Crippen LogP) is 3.00. The molecule has 2 aliphatic heterocycles. The van der Waals surface area contributed by atoms with E-state index in [0.717, 1.165) is 12.8 Å². The number of fused-ring (bicyclic) bond motifs is 1. The highest BCUT2D eigenvalue weighted by Crippen LogP contribution is 2.44. The molecule has 2 heterocycles. The Morgan fingerprint density at radius 2 is 2.00 bits per heavy atom. The van der Waals surface area contributed by atoms with Gasteiger partial charge in [0.25, 0.3) is 5.91 Å². The van der Waals surface area contributed by atoms with Gasteiger partial charge in [0.05, 0.1) is 28.3 Å². The van der Waals surface area contributed by atoms with Crippen LogP contribution in [0.15, 0.2) is 23.2 Å². The maximum Gasteiger partial charge on any atom is 0.251 e. The molecule has 1 saturated carbocycles. The number of thioether (sulfide) groups is 1. The number of aliphatic imine (C=N–C) groups is 1. The summed E-state index contributed by atoms with van der Waals surface area (Å²) in [6, 6.07) is 4.80. The number of nitrogens with zero attached hydrogens (tertiary/aromatic N) is 2. The number of sulfone groups is 1. The highest BCUT2D eigenvalue weighted by molar-refractivity contribution is 8.16. The quantitative estimate of drug-likeness (QED) is 0.757. The van der Waals surface area contributed by atoms with E-state index in [0.29, 0.717) is 20.9 Å². The first kappa shape index (κ1) is 16.7. The second kappa shape index (κ2) is 5.90. The smallest absolute Gasteiger partial charge is 0.251 e. The third-order valence-corrected chi connectivity index (χ3v) is 8.12. The third-order valence-electron chi connectivity index (χ3n) is 4.37. The zero-order valence-corrected chi connectivity index (χ0v) is 15.6. The van der Waals surface area contributed by atoms with Gasteiger partial charge in [0.2, 0.25) is 0 Å². The molecule has 9 heteroatoms. The second-order valence-corrected chi connectivity index (χ2v) is 10.5. The molecule has 1 aliphatic carbocycles. The topological polar surface area (TPSA) is 66.8 Å². The number of carbonyl (C=O) groups excluding carboxylic acids is 1. The van der Waals surface area contributed by atoms with E-state index in [1.807, 2.05) is 0 Å². The first-order chi connectivity index (χ1) is 11.3. The average molecular weight is 405 g/mol. The fourth-order valence-corrected chi connectivity index (χ4v) is 7.45. The van der Waals surface area contributed by atoms with E-state index >= 15 is 0 Å². The van der Waals surface area contributed by atoms with Crippen molar-refractivity contribution in [3.05, 3.63) is 28.2 Å². The fourth-order valence-electron chi connectivity index (χ4n) is 3.04. The van der Waals surface area contributed by atoms with Crippen LogP contribution in [0.25, 0.3) is 0 Å². The van der Waals surface area contributed by atoms with Crippen molar-refractivity contribution in [1.82, 2.24) is 0 Å². The summed E-state index contributed by atoms with van der Waals surface area (Å²) in [5.74, 6) is 0.0289. The summed E-state index contributed by atoms with van der Waals surface area (Å²) in [4.78, 5) is 18.2. The summed E-state index contributed by atoms with van der Waals surface area (Å²) >= 11 is 13.6. The van der Waals surface area contributed by atoms with Gasteiger partial charge in [-0.05, 0) is 31.0 Å². The highest BCUT2D eigenvalue weighted by Gasteiger charge is 2.50. The molecule has 0 radical (unpaired) electrons. The van der Waals surface area contributed by atoms with Gasteiger partial charge in [-0.1, -0.05) is 35.0 Å². The minimum atomic E-state index is -3.09. The molecule has 1 amide bonds. The van der Waals surface area contributed by atoms with Crippen molar-refractivity contribution in [3.63, 3.8) is 0 Å². The SMILES string of the molecule is O=C(N=C1S[C@H]2CS(=O)(=O)C[C@H]2N1c1ccc(Cl)cc1Cl)C1CC1. The van der Waals surface area contributed by atoms with E-state index in [4.69, 9.17) is 23.2 Å².